The molecule has 0 amide bonds. The molecule has 2 unspecified atom stereocenters. The minimum Gasteiger partial charge on any atom is -0.465 e. The molecule has 0 heterocycles. The molecular weight excluding hydrogens is 214 g/mol. The Kier molecular flexibility index (Phi) is 5.44. The summed E-state index contributed by atoms with van der Waals surface area (Å²) in [6, 6.07) is 0.466. The number of nitrogens with one attached hydrogen (secondary N) is 1. The van der Waals surface area contributed by atoms with Crippen LogP contribution in [0.1, 0.15) is 53.4 Å². The van der Waals surface area contributed by atoms with Crippen LogP contribution >= 0.6 is 0 Å². The lowest BCUT2D eigenvalue weighted by Crippen LogP contribution is -2.46. The van der Waals surface area contributed by atoms with Gasteiger partial charge in [0.2, 0.25) is 0 Å². The molecule has 1 saturated carbocycles. The quantitative estimate of drug-likeness (QED) is 0.769. The molecule has 17 heavy (non-hydrogen) atoms. The third-order valence-corrected chi connectivity index (χ3v) is 3.69. The van der Waals surface area contributed by atoms with Crippen molar-refractivity contribution in [2.45, 2.75) is 59.4 Å². The minimum atomic E-state index is -0.134. The predicted molar refractivity (Wildman–Crippen MR) is 69.8 cm³/mol. The second-order valence-corrected chi connectivity index (χ2v) is 6.05. The molecule has 1 N–H and O–H groups in total. The number of carbonyl (C=O) groups is 1. The van der Waals surface area contributed by atoms with Gasteiger partial charge in [-0.05, 0) is 31.1 Å². The van der Waals surface area contributed by atoms with Crippen molar-refractivity contribution in [3.8, 4) is 0 Å². The first-order valence-electron chi connectivity index (χ1n) is 6.84. The molecule has 1 fully saturated rings. The average molecular weight is 241 g/mol. The van der Waals surface area contributed by atoms with Crippen LogP contribution in [0.3, 0.4) is 0 Å². The Bertz CT molecular complexity index is 245. The van der Waals surface area contributed by atoms with Crippen LogP contribution in [0.4, 0.5) is 0 Å². The molecule has 0 spiro atoms. The molecule has 1 rings (SSSR count). The molecule has 0 aliphatic heterocycles. The summed E-state index contributed by atoms with van der Waals surface area (Å²) in [6.45, 7) is 9.54. The third-order valence-electron chi connectivity index (χ3n) is 3.69. The normalized spacial score (nSPS) is 25.6. The van der Waals surface area contributed by atoms with Crippen molar-refractivity contribution in [3.63, 3.8) is 0 Å². The number of hydrogen-bond acceptors (Lipinski definition) is 3. The first-order valence-corrected chi connectivity index (χ1v) is 6.84. The van der Waals surface area contributed by atoms with Gasteiger partial charge in [0.1, 0.15) is 0 Å². The Morgan fingerprint density at radius 3 is 2.53 bits per heavy atom. The van der Waals surface area contributed by atoms with Crippen LogP contribution in [0.2, 0.25) is 0 Å². The van der Waals surface area contributed by atoms with Gasteiger partial charge in [0.25, 0.3) is 0 Å². The second-order valence-electron chi connectivity index (χ2n) is 6.05. The number of ether oxygens (including phenoxy) is 1. The highest BCUT2D eigenvalue weighted by Crippen LogP contribution is 2.37. The lowest BCUT2D eigenvalue weighted by atomic mass is 9.69. The predicted octanol–water partition coefficient (Wildman–Crippen LogP) is 2.74. The summed E-state index contributed by atoms with van der Waals surface area (Å²) in [5, 5.41) is 3.39. The first kappa shape index (κ1) is 14.5. The largest absolute Gasteiger partial charge is 0.465 e. The summed E-state index contributed by atoms with van der Waals surface area (Å²) in [6.07, 6.45) is 5.04. The maximum Gasteiger partial charge on any atom is 0.319 e. The highest BCUT2D eigenvalue weighted by Gasteiger charge is 2.33. The smallest absolute Gasteiger partial charge is 0.319 e. The number of carbonyl (C=O) groups excluding carboxylic acids is 1. The highest BCUT2D eigenvalue weighted by molar-refractivity contribution is 5.71. The van der Waals surface area contributed by atoms with E-state index in [1.54, 1.807) is 0 Å². The van der Waals surface area contributed by atoms with Crippen LogP contribution in [0, 0.1) is 11.3 Å². The molecule has 0 saturated heterocycles. The van der Waals surface area contributed by atoms with Gasteiger partial charge in [0, 0.05) is 6.04 Å². The molecule has 2 atom stereocenters. The Morgan fingerprint density at radius 2 is 1.94 bits per heavy atom. The number of rotatable bonds is 4. The number of esters is 1. The summed E-state index contributed by atoms with van der Waals surface area (Å²) in [5.74, 6) is 0.524. The van der Waals surface area contributed by atoms with E-state index in [1.807, 2.05) is 6.92 Å². The Morgan fingerprint density at radius 1 is 1.29 bits per heavy atom. The lowest BCUT2D eigenvalue weighted by Gasteiger charge is -2.40. The van der Waals surface area contributed by atoms with Gasteiger partial charge in [-0.3, -0.25) is 4.79 Å². The third kappa shape index (κ3) is 4.66. The van der Waals surface area contributed by atoms with Crippen LogP contribution in [0.25, 0.3) is 0 Å². The highest BCUT2D eigenvalue weighted by atomic mass is 16.5. The van der Waals surface area contributed by atoms with E-state index in [-0.39, 0.29) is 5.97 Å². The molecular formula is C14H27NO2. The summed E-state index contributed by atoms with van der Waals surface area (Å²) in [5.41, 5.74) is 0.312. The monoisotopic (exact) mass is 241 g/mol. The van der Waals surface area contributed by atoms with Crippen LogP contribution in [0.15, 0.2) is 0 Å². The van der Waals surface area contributed by atoms with E-state index in [4.69, 9.17) is 4.74 Å². The van der Waals surface area contributed by atoms with Crippen molar-refractivity contribution in [2.24, 2.45) is 11.3 Å². The summed E-state index contributed by atoms with van der Waals surface area (Å²) < 4.78 is 4.95. The van der Waals surface area contributed by atoms with Gasteiger partial charge in [-0.1, -0.05) is 33.6 Å². The molecule has 0 radical (unpaired) electrons. The maximum absolute atomic E-state index is 11.4. The van der Waals surface area contributed by atoms with E-state index >= 15 is 0 Å². The second kappa shape index (κ2) is 6.39. The average Bonchev–Trinajstić information content (AvgIpc) is 2.26. The van der Waals surface area contributed by atoms with Crippen molar-refractivity contribution < 1.29 is 9.53 Å². The van der Waals surface area contributed by atoms with E-state index in [0.717, 1.165) is 0 Å². The van der Waals surface area contributed by atoms with Crippen LogP contribution in [-0.2, 0) is 9.53 Å². The van der Waals surface area contributed by atoms with Gasteiger partial charge in [-0.15, -0.1) is 0 Å². The van der Waals surface area contributed by atoms with E-state index < -0.39 is 0 Å². The van der Waals surface area contributed by atoms with Gasteiger partial charge in [0.05, 0.1) is 13.2 Å². The number of hydrogen-bond donors (Lipinski definition) is 1. The maximum atomic E-state index is 11.4. The molecule has 1 aliphatic carbocycles. The Labute approximate surface area is 105 Å². The van der Waals surface area contributed by atoms with Gasteiger partial charge < -0.3 is 10.1 Å². The van der Waals surface area contributed by atoms with Crippen LogP contribution < -0.4 is 5.32 Å². The first-order chi connectivity index (χ1) is 7.95. The van der Waals surface area contributed by atoms with Gasteiger partial charge >= 0.3 is 5.97 Å². The lowest BCUT2D eigenvalue weighted by molar-refractivity contribution is -0.142. The molecule has 0 aromatic carbocycles. The fraction of sp³-hybridized carbons (Fsp3) is 0.929. The molecule has 3 nitrogen and oxygen atoms in total. The molecule has 1 aliphatic rings. The summed E-state index contributed by atoms with van der Waals surface area (Å²) in [4.78, 5) is 11.4. The molecule has 100 valence electrons. The molecule has 0 aromatic rings. The fourth-order valence-corrected chi connectivity index (χ4v) is 2.84. The van der Waals surface area contributed by atoms with Gasteiger partial charge in [0.15, 0.2) is 0 Å². The van der Waals surface area contributed by atoms with E-state index in [0.29, 0.717) is 30.5 Å². The van der Waals surface area contributed by atoms with Crippen molar-refractivity contribution in [3.05, 3.63) is 0 Å². The summed E-state index contributed by atoms with van der Waals surface area (Å²) >= 11 is 0. The standard InChI is InChI=1S/C14H27NO2/c1-5-17-13(16)10-15-12-9-7-6-8-11(12)14(2,3)4/h11-12,15H,5-10H2,1-4H3. The fourth-order valence-electron chi connectivity index (χ4n) is 2.84. The van der Waals surface area contributed by atoms with E-state index in [2.05, 4.69) is 26.1 Å². The molecule has 0 aromatic heterocycles. The minimum absolute atomic E-state index is 0.134. The van der Waals surface area contributed by atoms with E-state index in [9.17, 15) is 4.79 Å². The molecule has 0 bridgehead atoms. The van der Waals surface area contributed by atoms with Gasteiger partial charge in [-0.2, -0.15) is 0 Å². The van der Waals surface area contributed by atoms with Crippen LogP contribution in [-0.4, -0.2) is 25.2 Å². The van der Waals surface area contributed by atoms with Crippen molar-refractivity contribution in [1.82, 2.24) is 5.32 Å². The van der Waals surface area contributed by atoms with E-state index in [1.165, 1.54) is 25.7 Å². The molecule has 3 heteroatoms. The zero-order chi connectivity index (χ0) is 12.9. The van der Waals surface area contributed by atoms with Crippen molar-refractivity contribution >= 4 is 5.97 Å². The Hall–Kier alpha value is -0.570. The van der Waals surface area contributed by atoms with Crippen molar-refractivity contribution in [1.29, 1.82) is 0 Å². The Balaban J connectivity index is 2.46. The zero-order valence-electron chi connectivity index (χ0n) is 11.7. The zero-order valence-corrected chi connectivity index (χ0v) is 11.7. The van der Waals surface area contributed by atoms with Crippen LogP contribution in [0.5, 0.6) is 0 Å². The topological polar surface area (TPSA) is 38.3 Å². The van der Waals surface area contributed by atoms with Gasteiger partial charge in [-0.25, -0.2) is 0 Å². The van der Waals surface area contributed by atoms with Crippen molar-refractivity contribution in [2.75, 3.05) is 13.2 Å². The SMILES string of the molecule is CCOC(=O)CNC1CCCCC1C(C)(C)C. The summed E-state index contributed by atoms with van der Waals surface area (Å²) in [7, 11) is 0.